The summed E-state index contributed by atoms with van der Waals surface area (Å²) in [5.41, 5.74) is 0.864. The largest absolute Gasteiger partial charge is 0.448 e. The first-order valence-corrected chi connectivity index (χ1v) is 9.69. The van der Waals surface area contributed by atoms with Gasteiger partial charge in [0.25, 0.3) is 5.91 Å². The minimum atomic E-state index is -1.17. The van der Waals surface area contributed by atoms with Crippen LogP contribution in [0.15, 0.2) is 75.8 Å². The summed E-state index contributed by atoms with van der Waals surface area (Å²) in [5.74, 6) is -1.69. The molecule has 8 heteroatoms. The molecule has 0 fully saturated rings. The molecule has 1 aromatic heterocycles. The molecule has 0 bridgehead atoms. The summed E-state index contributed by atoms with van der Waals surface area (Å²) in [6.07, 6.45) is -1.17. The van der Waals surface area contributed by atoms with Gasteiger partial charge in [0.15, 0.2) is 16.5 Å². The van der Waals surface area contributed by atoms with Gasteiger partial charge in [0.2, 0.25) is 5.78 Å². The van der Waals surface area contributed by atoms with Crippen molar-refractivity contribution in [3.63, 3.8) is 0 Å². The van der Waals surface area contributed by atoms with Crippen LogP contribution < -0.4 is 5.32 Å². The van der Waals surface area contributed by atoms with Gasteiger partial charge in [0.05, 0.1) is 0 Å². The molecular formula is C21H15BrClNO5. The van der Waals surface area contributed by atoms with Crippen LogP contribution in [0.25, 0.3) is 0 Å². The number of furan rings is 1. The number of rotatable bonds is 7. The molecule has 1 N–H and O–H groups in total. The molecular weight excluding hydrogens is 462 g/mol. The van der Waals surface area contributed by atoms with Crippen LogP contribution in [0.4, 0.5) is 0 Å². The standard InChI is InChI=1S/C21H15BrClNO5/c22-17-11-10-16(28-17)21(27)24-12-18(25)29-20(14-6-8-15(23)9-7-14)19(26)13-4-2-1-3-5-13/h1-11,20H,12H2,(H,24,27)/t20-/m1/s1. The Morgan fingerprint density at radius 2 is 1.69 bits per heavy atom. The molecule has 1 amide bonds. The molecule has 0 aliphatic carbocycles. The second-order valence-electron chi connectivity index (χ2n) is 5.94. The number of carbonyl (C=O) groups excluding carboxylic acids is 3. The van der Waals surface area contributed by atoms with Gasteiger partial charge in [-0.25, -0.2) is 0 Å². The Morgan fingerprint density at radius 1 is 1.00 bits per heavy atom. The van der Waals surface area contributed by atoms with E-state index >= 15 is 0 Å². The van der Waals surface area contributed by atoms with Gasteiger partial charge in [-0.05, 0) is 40.2 Å². The molecule has 0 aliphatic heterocycles. The van der Waals surface area contributed by atoms with Gasteiger partial charge >= 0.3 is 5.97 Å². The van der Waals surface area contributed by atoms with Crippen LogP contribution in [0, 0.1) is 0 Å². The molecule has 0 unspecified atom stereocenters. The second kappa shape index (κ2) is 9.54. The highest BCUT2D eigenvalue weighted by Crippen LogP contribution is 2.24. The first-order valence-electron chi connectivity index (χ1n) is 8.52. The zero-order chi connectivity index (χ0) is 20.8. The maximum Gasteiger partial charge on any atom is 0.326 e. The SMILES string of the molecule is O=C(CNC(=O)c1ccc(Br)o1)O[C@@H](C(=O)c1ccccc1)c1ccc(Cl)cc1. The number of amides is 1. The molecule has 0 aliphatic rings. The van der Waals surface area contributed by atoms with Crippen molar-refractivity contribution in [2.75, 3.05) is 6.54 Å². The van der Waals surface area contributed by atoms with Crippen LogP contribution in [0.2, 0.25) is 5.02 Å². The third-order valence-electron chi connectivity index (χ3n) is 3.91. The van der Waals surface area contributed by atoms with Crippen LogP contribution in [-0.2, 0) is 9.53 Å². The zero-order valence-electron chi connectivity index (χ0n) is 14.9. The van der Waals surface area contributed by atoms with E-state index in [1.807, 2.05) is 0 Å². The predicted octanol–water partition coefficient (Wildman–Crippen LogP) is 4.59. The molecule has 0 spiro atoms. The highest BCUT2D eigenvalue weighted by molar-refractivity contribution is 9.10. The topological polar surface area (TPSA) is 85.6 Å². The molecule has 2 aromatic carbocycles. The highest BCUT2D eigenvalue weighted by atomic mass is 79.9. The van der Waals surface area contributed by atoms with Gasteiger partial charge in [-0.15, -0.1) is 0 Å². The Morgan fingerprint density at radius 3 is 2.31 bits per heavy atom. The lowest BCUT2D eigenvalue weighted by Crippen LogP contribution is -2.32. The van der Waals surface area contributed by atoms with Gasteiger partial charge in [0, 0.05) is 16.1 Å². The second-order valence-corrected chi connectivity index (χ2v) is 7.16. The Balaban J connectivity index is 1.72. The lowest BCUT2D eigenvalue weighted by atomic mass is 10.00. The van der Waals surface area contributed by atoms with E-state index in [0.717, 1.165) is 0 Å². The first kappa shape index (κ1) is 20.8. The Hall–Kier alpha value is -2.90. The van der Waals surface area contributed by atoms with Crippen molar-refractivity contribution in [2.45, 2.75) is 6.10 Å². The maximum absolute atomic E-state index is 12.9. The molecule has 3 rings (SSSR count). The third-order valence-corrected chi connectivity index (χ3v) is 4.59. The molecule has 1 atom stereocenters. The summed E-state index contributed by atoms with van der Waals surface area (Å²) in [7, 11) is 0. The number of hydrogen-bond donors (Lipinski definition) is 1. The number of carbonyl (C=O) groups is 3. The Kier molecular flexibility index (Phi) is 6.85. The fourth-order valence-electron chi connectivity index (χ4n) is 2.51. The van der Waals surface area contributed by atoms with Gasteiger partial charge in [0.1, 0.15) is 6.54 Å². The molecule has 1 heterocycles. The van der Waals surface area contributed by atoms with Gasteiger partial charge in [-0.2, -0.15) is 0 Å². The van der Waals surface area contributed by atoms with Crippen molar-refractivity contribution < 1.29 is 23.5 Å². The summed E-state index contributed by atoms with van der Waals surface area (Å²) >= 11 is 9.01. The highest BCUT2D eigenvalue weighted by Gasteiger charge is 2.26. The van der Waals surface area contributed by atoms with Gasteiger partial charge < -0.3 is 14.5 Å². The quantitative estimate of drug-likeness (QED) is 0.398. The molecule has 29 heavy (non-hydrogen) atoms. The van der Waals surface area contributed by atoms with Crippen LogP contribution in [-0.4, -0.2) is 24.2 Å². The Labute approximate surface area is 179 Å². The number of hydrogen-bond acceptors (Lipinski definition) is 5. The molecule has 0 radical (unpaired) electrons. The van der Waals surface area contributed by atoms with E-state index in [2.05, 4.69) is 21.2 Å². The van der Waals surface area contributed by atoms with Crippen molar-refractivity contribution >= 4 is 45.2 Å². The number of benzene rings is 2. The van der Waals surface area contributed by atoms with E-state index in [0.29, 0.717) is 20.8 Å². The molecule has 0 saturated heterocycles. The van der Waals surface area contributed by atoms with Crippen LogP contribution >= 0.6 is 27.5 Å². The van der Waals surface area contributed by atoms with E-state index in [1.165, 1.54) is 6.07 Å². The molecule has 6 nitrogen and oxygen atoms in total. The minimum absolute atomic E-state index is 0.0410. The normalized spacial score (nSPS) is 11.5. The lowest BCUT2D eigenvalue weighted by Gasteiger charge is -2.18. The fraction of sp³-hybridized carbons (Fsp3) is 0.0952. The van der Waals surface area contributed by atoms with Gasteiger partial charge in [-0.3, -0.25) is 14.4 Å². The van der Waals surface area contributed by atoms with E-state index in [-0.39, 0.29) is 11.5 Å². The first-order chi connectivity index (χ1) is 13.9. The van der Waals surface area contributed by atoms with Crippen LogP contribution in [0.3, 0.4) is 0 Å². The fourth-order valence-corrected chi connectivity index (χ4v) is 2.95. The number of halogens is 2. The summed E-state index contributed by atoms with van der Waals surface area (Å²) < 4.78 is 10.9. The summed E-state index contributed by atoms with van der Waals surface area (Å²) in [5, 5.41) is 2.88. The number of Topliss-reactive ketones (excluding diaryl/α,β-unsaturated/α-hetero) is 1. The van der Waals surface area contributed by atoms with Crippen LogP contribution in [0.5, 0.6) is 0 Å². The average Bonchev–Trinajstić information content (AvgIpc) is 3.17. The Bertz CT molecular complexity index is 1020. The lowest BCUT2D eigenvalue weighted by molar-refractivity contribution is -0.146. The number of ether oxygens (including phenoxy) is 1. The maximum atomic E-state index is 12.9. The predicted molar refractivity (Wildman–Crippen MR) is 110 cm³/mol. The van der Waals surface area contributed by atoms with Crippen molar-refractivity contribution in [1.29, 1.82) is 0 Å². The summed E-state index contributed by atoms with van der Waals surface area (Å²) in [6, 6.07) is 17.9. The van der Waals surface area contributed by atoms with Crippen molar-refractivity contribution in [3.05, 3.63) is 93.3 Å². The van der Waals surface area contributed by atoms with E-state index in [4.69, 9.17) is 20.8 Å². The van der Waals surface area contributed by atoms with E-state index < -0.39 is 24.5 Å². The van der Waals surface area contributed by atoms with Gasteiger partial charge in [-0.1, -0.05) is 54.1 Å². The zero-order valence-corrected chi connectivity index (χ0v) is 17.3. The minimum Gasteiger partial charge on any atom is -0.448 e. The van der Waals surface area contributed by atoms with E-state index in [1.54, 1.807) is 60.7 Å². The van der Waals surface area contributed by atoms with Crippen molar-refractivity contribution in [2.24, 2.45) is 0 Å². The number of ketones is 1. The van der Waals surface area contributed by atoms with Crippen molar-refractivity contribution in [1.82, 2.24) is 5.32 Å². The molecule has 3 aromatic rings. The summed E-state index contributed by atoms with van der Waals surface area (Å²) in [4.78, 5) is 37.2. The molecule has 0 saturated carbocycles. The van der Waals surface area contributed by atoms with Crippen LogP contribution in [0.1, 0.15) is 32.6 Å². The number of nitrogens with one attached hydrogen (secondary N) is 1. The number of esters is 1. The monoisotopic (exact) mass is 475 g/mol. The van der Waals surface area contributed by atoms with Crippen molar-refractivity contribution in [3.8, 4) is 0 Å². The third kappa shape index (κ3) is 5.56. The smallest absolute Gasteiger partial charge is 0.326 e. The molecule has 148 valence electrons. The average molecular weight is 477 g/mol. The summed E-state index contributed by atoms with van der Waals surface area (Å²) in [6.45, 7) is -0.427. The van der Waals surface area contributed by atoms with E-state index in [9.17, 15) is 14.4 Å².